The molecule has 6 heteroatoms. The fourth-order valence-electron chi connectivity index (χ4n) is 2.71. The van der Waals surface area contributed by atoms with Gasteiger partial charge >= 0.3 is 6.03 Å². The third-order valence-electron chi connectivity index (χ3n) is 4.14. The molecule has 0 aromatic carbocycles. The number of nitrogens with one attached hydrogen (secondary N) is 1. The molecule has 1 aromatic rings. The van der Waals surface area contributed by atoms with E-state index in [2.05, 4.69) is 22.2 Å². The number of amides is 2. The van der Waals surface area contributed by atoms with E-state index in [9.17, 15) is 4.79 Å². The second-order valence-electron chi connectivity index (χ2n) is 6.28. The molecule has 2 amide bonds. The van der Waals surface area contributed by atoms with Crippen LogP contribution in [-0.2, 0) is 4.74 Å². The molecule has 2 fully saturated rings. The molecule has 0 radical (unpaired) electrons. The third kappa shape index (κ3) is 4.42. The highest BCUT2D eigenvalue weighted by Gasteiger charge is 2.29. The number of nitrogens with zero attached hydrogens (tertiary/aromatic N) is 3. The lowest BCUT2D eigenvalue weighted by molar-refractivity contribution is -0.0302. The van der Waals surface area contributed by atoms with Crippen molar-refractivity contribution in [1.29, 1.82) is 0 Å². The molecule has 1 aliphatic heterocycles. The Morgan fingerprint density at radius 3 is 3.05 bits per heavy atom. The summed E-state index contributed by atoms with van der Waals surface area (Å²) in [6, 6.07) is 3.61. The first-order valence-corrected chi connectivity index (χ1v) is 7.97. The van der Waals surface area contributed by atoms with E-state index in [1.165, 1.54) is 12.8 Å². The molecule has 1 saturated carbocycles. The second kappa shape index (κ2) is 7.07. The van der Waals surface area contributed by atoms with E-state index in [1.807, 2.05) is 17.0 Å². The maximum Gasteiger partial charge on any atom is 0.321 e. The molecule has 2 aliphatic rings. The first-order chi connectivity index (χ1) is 10.7. The normalized spacial score (nSPS) is 22.3. The predicted octanol–water partition coefficient (Wildman–Crippen LogP) is 1.66. The Kier molecular flexibility index (Phi) is 4.90. The number of likely N-dealkylation sites (N-methyl/N-ethyl adjacent to an activating group) is 1. The molecule has 0 unspecified atom stereocenters. The van der Waals surface area contributed by atoms with E-state index in [0.717, 1.165) is 31.9 Å². The van der Waals surface area contributed by atoms with E-state index in [1.54, 1.807) is 12.4 Å². The molecule has 2 heterocycles. The van der Waals surface area contributed by atoms with Crippen molar-refractivity contribution in [3.8, 4) is 0 Å². The lowest BCUT2D eigenvalue weighted by Crippen LogP contribution is -2.49. The SMILES string of the molecule is CN1CCO[C@H](CN(CC2CC2)C(=O)Nc2cccnc2)C1. The minimum atomic E-state index is -0.0586. The zero-order valence-corrected chi connectivity index (χ0v) is 13.1. The Morgan fingerprint density at radius 2 is 2.36 bits per heavy atom. The van der Waals surface area contributed by atoms with E-state index < -0.39 is 0 Å². The Balaban J connectivity index is 1.59. The minimum Gasteiger partial charge on any atom is -0.374 e. The van der Waals surface area contributed by atoms with Crippen LogP contribution >= 0.6 is 0 Å². The number of urea groups is 1. The smallest absolute Gasteiger partial charge is 0.321 e. The highest BCUT2D eigenvalue weighted by atomic mass is 16.5. The van der Waals surface area contributed by atoms with Crippen LogP contribution in [0.25, 0.3) is 0 Å². The van der Waals surface area contributed by atoms with Gasteiger partial charge in [0.15, 0.2) is 0 Å². The number of ether oxygens (including phenoxy) is 1. The lowest BCUT2D eigenvalue weighted by atomic mass is 10.2. The molecule has 22 heavy (non-hydrogen) atoms. The largest absolute Gasteiger partial charge is 0.374 e. The van der Waals surface area contributed by atoms with E-state index >= 15 is 0 Å². The van der Waals surface area contributed by atoms with Crippen molar-refractivity contribution in [3.05, 3.63) is 24.5 Å². The molecule has 1 aromatic heterocycles. The van der Waals surface area contributed by atoms with Crippen LogP contribution in [0.5, 0.6) is 0 Å². The predicted molar refractivity (Wildman–Crippen MR) is 84.8 cm³/mol. The standard InChI is InChI=1S/C16H24N4O2/c1-19-7-8-22-15(11-19)12-20(10-13-4-5-13)16(21)18-14-3-2-6-17-9-14/h2-3,6,9,13,15H,4-5,7-8,10-12H2,1H3,(H,18,21)/t15-/m0/s1. The molecule has 1 saturated heterocycles. The molecule has 3 rings (SSSR count). The summed E-state index contributed by atoms with van der Waals surface area (Å²) in [6.07, 6.45) is 5.91. The summed E-state index contributed by atoms with van der Waals surface area (Å²) >= 11 is 0. The van der Waals surface area contributed by atoms with Gasteiger partial charge in [0.25, 0.3) is 0 Å². The number of anilines is 1. The summed E-state index contributed by atoms with van der Waals surface area (Å²) in [6.45, 7) is 4.04. The van der Waals surface area contributed by atoms with Crippen LogP contribution in [0.15, 0.2) is 24.5 Å². The third-order valence-corrected chi connectivity index (χ3v) is 4.14. The summed E-state index contributed by atoms with van der Waals surface area (Å²) in [5.41, 5.74) is 0.731. The van der Waals surface area contributed by atoms with Gasteiger partial charge in [0.05, 0.1) is 24.6 Å². The van der Waals surface area contributed by atoms with Gasteiger partial charge in [-0.1, -0.05) is 0 Å². The number of hydrogen-bond donors (Lipinski definition) is 1. The van der Waals surface area contributed by atoms with Crippen molar-refractivity contribution in [2.45, 2.75) is 18.9 Å². The molecular weight excluding hydrogens is 280 g/mol. The molecule has 0 bridgehead atoms. The van der Waals surface area contributed by atoms with Crippen molar-refractivity contribution in [3.63, 3.8) is 0 Å². The Labute approximate surface area is 131 Å². The number of carbonyl (C=O) groups is 1. The van der Waals surface area contributed by atoms with Gasteiger partial charge in [-0.05, 0) is 37.9 Å². The van der Waals surface area contributed by atoms with Crippen molar-refractivity contribution >= 4 is 11.7 Å². The summed E-state index contributed by atoms with van der Waals surface area (Å²) in [5, 5.41) is 2.93. The van der Waals surface area contributed by atoms with Gasteiger partial charge in [-0.2, -0.15) is 0 Å². The zero-order chi connectivity index (χ0) is 15.4. The fraction of sp³-hybridized carbons (Fsp3) is 0.625. The van der Waals surface area contributed by atoms with Gasteiger partial charge in [0.2, 0.25) is 0 Å². The second-order valence-corrected chi connectivity index (χ2v) is 6.28. The topological polar surface area (TPSA) is 57.7 Å². The summed E-state index contributed by atoms with van der Waals surface area (Å²) < 4.78 is 5.81. The average molecular weight is 304 g/mol. The van der Waals surface area contributed by atoms with Gasteiger partial charge < -0.3 is 19.9 Å². The van der Waals surface area contributed by atoms with E-state index in [0.29, 0.717) is 12.5 Å². The number of aromatic nitrogens is 1. The quantitative estimate of drug-likeness (QED) is 0.899. The first kappa shape index (κ1) is 15.2. The van der Waals surface area contributed by atoms with Gasteiger partial charge in [-0.15, -0.1) is 0 Å². The average Bonchev–Trinajstić information content (AvgIpc) is 3.32. The van der Waals surface area contributed by atoms with Crippen molar-refractivity contribution < 1.29 is 9.53 Å². The Hall–Kier alpha value is -1.66. The van der Waals surface area contributed by atoms with E-state index in [4.69, 9.17) is 4.74 Å². The highest BCUT2D eigenvalue weighted by Crippen LogP contribution is 2.30. The fourth-order valence-corrected chi connectivity index (χ4v) is 2.71. The maximum atomic E-state index is 12.5. The lowest BCUT2D eigenvalue weighted by Gasteiger charge is -2.34. The molecule has 1 N–H and O–H groups in total. The molecule has 0 spiro atoms. The number of pyridine rings is 1. The van der Waals surface area contributed by atoms with Gasteiger partial charge in [-0.25, -0.2) is 4.79 Å². The maximum absolute atomic E-state index is 12.5. The van der Waals surface area contributed by atoms with Crippen molar-refractivity contribution in [2.75, 3.05) is 45.2 Å². The zero-order valence-electron chi connectivity index (χ0n) is 13.1. The Morgan fingerprint density at radius 1 is 1.50 bits per heavy atom. The molecular formula is C16H24N4O2. The van der Waals surface area contributed by atoms with Crippen LogP contribution < -0.4 is 5.32 Å². The summed E-state index contributed by atoms with van der Waals surface area (Å²) in [5.74, 6) is 0.654. The van der Waals surface area contributed by atoms with Crippen LogP contribution in [0.4, 0.5) is 10.5 Å². The van der Waals surface area contributed by atoms with Crippen LogP contribution in [0.2, 0.25) is 0 Å². The number of morpholine rings is 1. The van der Waals surface area contributed by atoms with Crippen molar-refractivity contribution in [2.24, 2.45) is 5.92 Å². The highest BCUT2D eigenvalue weighted by molar-refractivity contribution is 5.89. The van der Waals surface area contributed by atoms with Crippen LogP contribution in [0.1, 0.15) is 12.8 Å². The van der Waals surface area contributed by atoms with Gasteiger partial charge in [-0.3, -0.25) is 4.98 Å². The van der Waals surface area contributed by atoms with Crippen molar-refractivity contribution in [1.82, 2.24) is 14.8 Å². The van der Waals surface area contributed by atoms with Crippen LogP contribution in [-0.4, -0.2) is 66.8 Å². The van der Waals surface area contributed by atoms with Gasteiger partial charge in [0, 0.05) is 32.4 Å². The summed E-state index contributed by atoms with van der Waals surface area (Å²) in [7, 11) is 2.09. The molecule has 120 valence electrons. The molecule has 1 atom stereocenters. The summed E-state index contributed by atoms with van der Waals surface area (Å²) in [4.78, 5) is 20.7. The first-order valence-electron chi connectivity index (χ1n) is 7.97. The number of hydrogen-bond acceptors (Lipinski definition) is 4. The molecule has 6 nitrogen and oxygen atoms in total. The molecule has 1 aliphatic carbocycles. The van der Waals surface area contributed by atoms with Crippen LogP contribution in [0, 0.1) is 5.92 Å². The van der Waals surface area contributed by atoms with Crippen LogP contribution in [0.3, 0.4) is 0 Å². The Bertz CT molecular complexity index is 492. The van der Waals surface area contributed by atoms with E-state index in [-0.39, 0.29) is 12.1 Å². The monoisotopic (exact) mass is 304 g/mol. The number of rotatable bonds is 5. The van der Waals surface area contributed by atoms with Gasteiger partial charge in [0.1, 0.15) is 0 Å². The number of carbonyl (C=O) groups excluding carboxylic acids is 1. The minimum absolute atomic E-state index is 0.0586.